The molecule has 0 aromatic carbocycles. The van der Waals surface area contributed by atoms with E-state index in [2.05, 4.69) is 9.80 Å². The van der Waals surface area contributed by atoms with Crippen molar-refractivity contribution in [2.24, 2.45) is 0 Å². The lowest BCUT2D eigenvalue weighted by Gasteiger charge is -2.36. The highest BCUT2D eigenvalue weighted by Crippen LogP contribution is 2.09. The number of hydrogen-bond acceptors (Lipinski definition) is 10. The van der Waals surface area contributed by atoms with E-state index in [1.54, 1.807) is 4.90 Å². The van der Waals surface area contributed by atoms with Gasteiger partial charge in [0.15, 0.2) is 0 Å². The fourth-order valence-electron chi connectivity index (χ4n) is 3.30. The number of rotatable bonds is 9. The van der Waals surface area contributed by atoms with Gasteiger partial charge in [0.25, 0.3) is 20.2 Å². The molecule has 2 fully saturated rings. The van der Waals surface area contributed by atoms with Crippen LogP contribution in [0.2, 0.25) is 0 Å². The molecule has 0 aromatic rings. The maximum absolute atomic E-state index is 10.9. The topological polar surface area (TPSA) is 162 Å². The summed E-state index contributed by atoms with van der Waals surface area (Å²) in [7, 11) is -7.82. The summed E-state index contributed by atoms with van der Waals surface area (Å²) in [4.78, 5) is 7.92. The second-order valence-electron chi connectivity index (χ2n) is 7.41. The summed E-state index contributed by atoms with van der Waals surface area (Å²) in [6.45, 7) is 9.33. The number of β-amino-alcohol motifs (C(OH)–C–C–N with tert-alkyl or cyclic N) is 2. The van der Waals surface area contributed by atoms with Gasteiger partial charge < -0.3 is 10.2 Å². The van der Waals surface area contributed by atoms with Gasteiger partial charge in [-0.1, -0.05) is 0 Å². The number of piperazine rings is 2. The van der Waals surface area contributed by atoms with Gasteiger partial charge in [0.2, 0.25) is 0 Å². The summed E-state index contributed by atoms with van der Waals surface area (Å²) >= 11 is 0. The fraction of sp³-hybridized carbons (Fsp3) is 1.00. The van der Waals surface area contributed by atoms with E-state index in [0.717, 1.165) is 39.3 Å². The van der Waals surface area contributed by atoms with Crippen LogP contribution in [0.4, 0.5) is 0 Å². The first kappa shape index (κ1) is 27.6. The Hall–Kier alpha value is -0.420. The molecule has 2 heterocycles. The summed E-state index contributed by atoms with van der Waals surface area (Å²) in [5.74, 6) is -0.201. The number of aliphatic hydroxyl groups is 2. The lowest BCUT2D eigenvalue weighted by Crippen LogP contribution is -2.51. The Morgan fingerprint density at radius 3 is 1.40 bits per heavy atom. The Labute approximate surface area is 179 Å². The molecule has 0 spiro atoms. The van der Waals surface area contributed by atoms with Gasteiger partial charge in [0.05, 0.1) is 19.0 Å². The summed E-state index contributed by atoms with van der Waals surface area (Å²) in [5.41, 5.74) is 0. The molecule has 12 nitrogen and oxygen atoms in total. The first-order valence-electron chi connectivity index (χ1n) is 10.0. The van der Waals surface area contributed by atoms with Gasteiger partial charge in [-0.05, 0) is 6.92 Å². The van der Waals surface area contributed by atoms with Crippen molar-refractivity contribution in [1.29, 1.82) is 0 Å². The molecule has 0 radical (unpaired) electrons. The Kier molecular flexibility index (Phi) is 12.2. The number of aliphatic hydroxyl groups excluding tert-OH is 2. The highest BCUT2D eigenvalue weighted by Gasteiger charge is 2.28. The molecule has 2 aliphatic heterocycles. The minimum atomic E-state index is -3.97. The summed E-state index contributed by atoms with van der Waals surface area (Å²) < 4.78 is 60.3. The lowest BCUT2D eigenvalue weighted by atomic mass is 10.3. The minimum absolute atomic E-state index is 0.119. The second-order valence-corrected chi connectivity index (χ2v) is 10.7. The van der Waals surface area contributed by atoms with Gasteiger partial charge in [0.1, 0.15) is 5.37 Å². The largest absolute Gasteiger partial charge is 0.395 e. The molecule has 180 valence electrons. The number of hydrogen-bond donors (Lipinski definition) is 4. The molecule has 4 N–H and O–H groups in total. The van der Waals surface area contributed by atoms with Crippen molar-refractivity contribution in [2.45, 2.75) is 12.3 Å². The first-order chi connectivity index (χ1) is 14.0. The van der Waals surface area contributed by atoms with Crippen LogP contribution in [0.25, 0.3) is 0 Å². The average Bonchev–Trinajstić information content (AvgIpc) is 2.67. The van der Waals surface area contributed by atoms with Crippen LogP contribution in [-0.4, -0.2) is 152 Å². The molecule has 0 aliphatic carbocycles. The molecule has 0 bridgehead atoms. The zero-order valence-corrected chi connectivity index (χ0v) is 19.1. The van der Waals surface area contributed by atoms with E-state index in [4.69, 9.17) is 19.3 Å². The molecule has 1 unspecified atom stereocenters. The van der Waals surface area contributed by atoms with E-state index in [1.165, 1.54) is 6.92 Å². The quantitative estimate of drug-likeness (QED) is 0.255. The van der Waals surface area contributed by atoms with E-state index in [1.807, 2.05) is 4.90 Å². The van der Waals surface area contributed by atoms with Crippen molar-refractivity contribution in [3.05, 3.63) is 0 Å². The van der Waals surface area contributed by atoms with Gasteiger partial charge in [-0.3, -0.25) is 28.7 Å². The van der Waals surface area contributed by atoms with Crippen LogP contribution in [0.1, 0.15) is 6.92 Å². The number of nitrogens with zero attached hydrogens (tertiary/aromatic N) is 4. The Morgan fingerprint density at radius 1 is 0.700 bits per heavy atom. The van der Waals surface area contributed by atoms with Gasteiger partial charge in [0, 0.05) is 72.0 Å². The lowest BCUT2D eigenvalue weighted by molar-refractivity contribution is 0.105. The molecule has 2 saturated heterocycles. The molecule has 0 amide bonds. The van der Waals surface area contributed by atoms with Crippen molar-refractivity contribution >= 4 is 20.2 Å². The summed E-state index contributed by atoms with van der Waals surface area (Å²) in [5, 5.41) is 16.6. The van der Waals surface area contributed by atoms with Gasteiger partial charge in [-0.25, -0.2) is 0 Å². The predicted octanol–water partition coefficient (Wildman–Crippen LogP) is -2.69. The van der Waals surface area contributed by atoms with Crippen LogP contribution in [0, 0.1) is 0 Å². The average molecular weight is 477 g/mol. The molecule has 2 rings (SSSR count). The van der Waals surface area contributed by atoms with Gasteiger partial charge >= 0.3 is 0 Å². The predicted molar refractivity (Wildman–Crippen MR) is 112 cm³/mol. The minimum Gasteiger partial charge on any atom is -0.395 e. The normalized spacial score (nSPS) is 21.8. The monoisotopic (exact) mass is 476 g/mol. The zero-order chi connectivity index (χ0) is 22.8. The first-order valence-corrected chi connectivity index (χ1v) is 13.1. The molecular formula is C16H36N4O8S2. The molecule has 1 atom stereocenters. The third kappa shape index (κ3) is 11.3. The fourth-order valence-corrected chi connectivity index (χ4v) is 4.38. The van der Waals surface area contributed by atoms with E-state index in [0.29, 0.717) is 32.7 Å². The maximum Gasteiger partial charge on any atom is 0.280 e. The molecule has 0 saturated carbocycles. The van der Waals surface area contributed by atoms with Crippen molar-refractivity contribution in [1.82, 2.24) is 19.6 Å². The SMILES string of the molecule is CC(N1CCN(CCO)CC1)S(=O)(=O)O.O=S(=O)(O)CCN1CCN(CCO)CC1. The zero-order valence-electron chi connectivity index (χ0n) is 17.5. The maximum atomic E-state index is 10.9. The summed E-state index contributed by atoms with van der Waals surface area (Å²) in [6.07, 6.45) is 0. The van der Waals surface area contributed by atoms with Crippen LogP contribution < -0.4 is 0 Å². The van der Waals surface area contributed by atoms with Crippen molar-refractivity contribution < 1.29 is 36.2 Å². The van der Waals surface area contributed by atoms with Crippen LogP contribution in [0.5, 0.6) is 0 Å². The molecule has 30 heavy (non-hydrogen) atoms. The third-order valence-corrected chi connectivity index (χ3v) is 7.17. The second kappa shape index (κ2) is 13.2. The van der Waals surface area contributed by atoms with Crippen LogP contribution in [-0.2, 0) is 20.2 Å². The van der Waals surface area contributed by atoms with E-state index in [9.17, 15) is 16.8 Å². The van der Waals surface area contributed by atoms with E-state index >= 15 is 0 Å². The highest BCUT2D eigenvalue weighted by atomic mass is 32.2. The van der Waals surface area contributed by atoms with Crippen molar-refractivity contribution in [3.8, 4) is 0 Å². The standard InChI is InChI=1S/2C8H18N2O4S/c1-8(15(12,13)14)10-4-2-9(3-5-10)6-7-11;11-7-5-9-1-3-10(4-2-9)6-8-15(12,13)14/h8,11H,2-7H2,1H3,(H,12,13,14);11H,1-8H2,(H,12,13,14). The molecular weight excluding hydrogens is 440 g/mol. The van der Waals surface area contributed by atoms with Crippen LogP contribution >= 0.6 is 0 Å². The van der Waals surface area contributed by atoms with E-state index < -0.39 is 25.6 Å². The summed E-state index contributed by atoms with van der Waals surface area (Å²) in [6, 6.07) is 0. The van der Waals surface area contributed by atoms with Gasteiger partial charge in [-0.15, -0.1) is 0 Å². The molecule has 2 aliphatic rings. The van der Waals surface area contributed by atoms with Crippen LogP contribution in [0.15, 0.2) is 0 Å². The van der Waals surface area contributed by atoms with Gasteiger partial charge in [-0.2, -0.15) is 16.8 Å². The highest BCUT2D eigenvalue weighted by molar-refractivity contribution is 7.86. The van der Waals surface area contributed by atoms with E-state index in [-0.39, 0.29) is 19.0 Å². The smallest absolute Gasteiger partial charge is 0.280 e. The Bertz CT molecular complexity index is 675. The Balaban J connectivity index is 0.000000300. The molecule has 0 aromatic heterocycles. The third-order valence-electron chi connectivity index (χ3n) is 5.32. The van der Waals surface area contributed by atoms with Crippen molar-refractivity contribution in [2.75, 3.05) is 91.0 Å². The van der Waals surface area contributed by atoms with Crippen molar-refractivity contribution in [3.63, 3.8) is 0 Å². The van der Waals surface area contributed by atoms with Crippen LogP contribution in [0.3, 0.4) is 0 Å². The Morgan fingerprint density at radius 2 is 1.07 bits per heavy atom. The molecule has 14 heteroatoms.